The number of thioether (sulfide) groups is 1. The number of benzene rings is 2. The molecule has 3 aromatic rings. The molecule has 0 saturated carbocycles. The van der Waals surface area contributed by atoms with Crippen LogP contribution >= 0.6 is 24.2 Å². The molecule has 0 fully saturated rings. The Bertz CT molecular complexity index is 961. The van der Waals surface area contributed by atoms with E-state index in [4.69, 9.17) is 10.2 Å². The fourth-order valence-electron chi connectivity index (χ4n) is 2.50. The number of hydrogen-bond acceptors (Lipinski definition) is 5. The molecule has 3 rings (SSSR count). The number of para-hydroxylation sites is 1. The molecule has 156 valence electrons. The van der Waals surface area contributed by atoms with Gasteiger partial charge in [0.2, 0.25) is 0 Å². The maximum atomic E-state index is 12.6. The highest BCUT2D eigenvalue weighted by atomic mass is 35.5. The van der Waals surface area contributed by atoms with E-state index in [9.17, 15) is 18.0 Å². The lowest BCUT2D eigenvalue weighted by atomic mass is 10.1. The number of amides is 1. The lowest BCUT2D eigenvalue weighted by Crippen LogP contribution is -2.26. The van der Waals surface area contributed by atoms with Crippen molar-refractivity contribution in [3.05, 3.63) is 59.2 Å². The van der Waals surface area contributed by atoms with Crippen molar-refractivity contribution >= 4 is 41.2 Å². The second-order valence-electron chi connectivity index (χ2n) is 6.02. The molecule has 5 nitrogen and oxygen atoms in total. The Morgan fingerprint density at radius 3 is 2.55 bits per heavy atom. The number of rotatable bonds is 7. The van der Waals surface area contributed by atoms with E-state index < -0.39 is 11.7 Å². The van der Waals surface area contributed by atoms with Crippen LogP contribution in [0.1, 0.15) is 27.9 Å². The highest BCUT2D eigenvalue weighted by Gasteiger charge is 2.29. The Labute approximate surface area is 175 Å². The number of alkyl halides is 3. The van der Waals surface area contributed by atoms with Crippen molar-refractivity contribution in [3.8, 4) is 0 Å². The Morgan fingerprint density at radius 1 is 1.17 bits per heavy atom. The average molecular weight is 446 g/mol. The van der Waals surface area contributed by atoms with Crippen LogP contribution in [-0.4, -0.2) is 24.0 Å². The van der Waals surface area contributed by atoms with Gasteiger partial charge in [-0.25, -0.2) is 4.98 Å². The second kappa shape index (κ2) is 10.00. The molecule has 0 aliphatic heterocycles. The number of nitrogens with zero attached hydrogens (tertiary/aromatic N) is 1. The summed E-state index contributed by atoms with van der Waals surface area (Å²) in [5, 5.41) is 3.12. The molecule has 0 saturated heterocycles. The van der Waals surface area contributed by atoms with E-state index in [1.165, 1.54) is 23.9 Å². The van der Waals surface area contributed by atoms with Crippen LogP contribution in [0.25, 0.3) is 11.1 Å². The molecule has 0 atom stereocenters. The van der Waals surface area contributed by atoms with Crippen LogP contribution in [0, 0.1) is 0 Å². The third-order valence-corrected chi connectivity index (χ3v) is 4.85. The zero-order chi connectivity index (χ0) is 20.1. The maximum absolute atomic E-state index is 12.6. The van der Waals surface area contributed by atoms with Gasteiger partial charge in [0.25, 0.3) is 11.1 Å². The molecule has 0 aliphatic carbocycles. The van der Waals surface area contributed by atoms with Crippen LogP contribution < -0.4 is 11.1 Å². The summed E-state index contributed by atoms with van der Waals surface area (Å²) in [5.41, 5.74) is 6.74. The normalized spacial score (nSPS) is 11.3. The number of nitrogens with two attached hydrogens (primary N) is 1. The van der Waals surface area contributed by atoms with Crippen molar-refractivity contribution in [2.24, 2.45) is 5.73 Å². The Morgan fingerprint density at radius 2 is 1.90 bits per heavy atom. The molecule has 29 heavy (non-hydrogen) atoms. The SMILES string of the molecule is Cl.NCCCNC(=O)c1cccc2nc(SCc3ccc(C(F)(F)F)cc3)oc12. The predicted octanol–water partition coefficient (Wildman–Crippen LogP) is 4.64. The highest BCUT2D eigenvalue weighted by molar-refractivity contribution is 7.98. The molecule has 0 bridgehead atoms. The van der Waals surface area contributed by atoms with Crippen LogP contribution in [-0.2, 0) is 11.9 Å². The Kier molecular flexibility index (Phi) is 7.95. The molecule has 1 heterocycles. The van der Waals surface area contributed by atoms with Gasteiger partial charge in [0.1, 0.15) is 5.52 Å². The first-order chi connectivity index (χ1) is 13.4. The third kappa shape index (κ3) is 5.88. The standard InChI is InChI=1S/C19H18F3N3O2S.ClH/c20-19(21,22)13-7-5-12(6-8-13)11-28-18-25-15-4-1-3-14(16(15)27-18)17(26)24-10-2-9-23;/h1,3-8H,2,9-11,23H2,(H,24,26);1H. The van der Waals surface area contributed by atoms with Crippen molar-refractivity contribution in [3.63, 3.8) is 0 Å². The first-order valence-electron chi connectivity index (χ1n) is 8.55. The van der Waals surface area contributed by atoms with Gasteiger partial charge >= 0.3 is 6.18 Å². The van der Waals surface area contributed by atoms with E-state index >= 15 is 0 Å². The van der Waals surface area contributed by atoms with Crippen LogP contribution in [0.15, 0.2) is 52.1 Å². The molecule has 2 aromatic carbocycles. The number of carbonyl (C=O) groups excluding carboxylic acids is 1. The van der Waals surface area contributed by atoms with E-state index in [-0.39, 0.29) is 18.3 Å². The van der Waals surface area contributed by atoms with Crippen molar-refractivity contribution in [1.82, 2.24) is 10.3 Å². The molecule has 1 amide bonds. The third-order valence-electron chi connectivity index (χ3n) is 3.95. The number of oxazole rings is 1. The summed E-state index contributed by atoms with van der Waals surface area (Å²) in [5.74, 6) is 0.123. The van der Waals surface area contributed by atoms with Crippen LogP contribution in [0.2, 0.25) is 0 Å². The number of aromatic nitrogens is 1. The largest absolute Gasteiger partial charge is 0.430 e. The minimum Gasteiger partial charge on any atom is -0.430 e. The lowest BCUT2D eigenvalue weighted by molar-refractivity contribution is -0.137. The van der Waals surface area contributed by atoms with E-state index in [0.717, 1.165) is 12.1 Å². The summed E-state index contributed by atoms with van der Waals surface area (Å²) >= 11 is 1.25. The molecule has 10 heteroatoms. The van der Waals surface area contributed by atoms with Gasteiger partial charge in [-0.15, -0.1) is 12.4 Å². The number of halogens is 4. The maximum Gasteiger partial charge on any atom is 0.416 e. The van der Waals surface area contributed by atoms with Gasteiger partial charge in [-0.1, -0.05) is 30.0 Å². The molecular weight excluding hydrogens is 427 g/mol. The highest BCUT2D eigenvalue weighted by Crippen LogP contribution is 2.31. The molecule has 3 N–H and O–H groups in total. The van der Waals surface area contributed by atoms with Gasteiger partial charge in [0.15, 0.2) is 5.58 Å². The minimum absolute atomic E-state index is 0. The van der Waals surface area contributed by atoms with Crippen molar-refractivity contribution in [2.45, 2.75) is 23.6 Å². The Hall–Kier alpha value is -2.23. The first-order valence-corrected chi connectivity index (χ1v) is 9.54. The van der Waals surface area contributed by atoms with Crippen LogP contribution in [0.5, 0.6) is 0 Å². The monoisotopic (exact) mass is 445 g/mol. The summed E-state index contributed by atoms with van der Waals surface area (Å²) in [7, 11) is 0. The Balaban J connectivity index is 0.00000300. The van der Waals surface area contributed by atoms with Crippen LogP contribution in [0.4, 0.5) is 13.2 Å². The molecule has 0 radical (unpaired) electrons. The topological polar surface area (TPSA) is 81.1 Å². The molecule has 1 aromatic heterocycles. The fraction of sp³-hybridized carbons (Fsp3) is 0.263. The van der Waals surface area contributed by atoms with E-state index in [0.29, 0.717) is 52.7 Å². The fourth-order valence-corrected chi connectivity index (χ4v) is 3.29. The van der Waals surface area contributed by atoms with Gasteiger partial charge < -0.3 is 15.5 Å². The van der Waals surface area contributed by atoms with Gasteiger partial charge in [0, 0.05) is 12.3 Å². The summed E-state index contributed by atoms with van der Waals surface area (Å²) in [6, 6.07) is 10.0. The van der Waals surface area contributed by atoms with Gasteiger partial charge in [-0.3, -0.25) is 4.79 Å². The number of nitrogens with one attached hydrogen (secondary N) is 1. The van der Waals surface area contributed by atoms with Gasteiger partial charge in [0.05, 0.1) is 11.1 Å². The molecule has 0 spiro atoms. The summed E-state index contributed by atoms with van der Waals surface area (Å²) in [6.45, 7) is 0.951. The predicted molar refractivity (Wildman–Crippen MR) is 108 cm³/mol. The first kappa shape index (κ1) is 23.1. The zero-order valence-electron chi connectivity index (χ0n) is 15.2. The smallest absolute Gasteiger partial charge is 0.416 e. The molecular formula is C19H19ClF3N3O2S. The number of carbonyl (C=O) groups is 1. The number of hydrogen-bond donors (Lipinski definition) is 2. The van der Waals surface area contributed by atoms with Crippen molar-refractivity contribution in [2.75, 3.05) is 13.1 Å². The van der Waals surface area contributed by atoms with E-state index in [2.05, 4.69) is 10.3 Å². The van der Waals surface area contributed by atoms with E-state index in [1.807, 2.05) is 0 Å². The molecule has 0 unspecified atom stereocenters. The van der Waals surface area contributed by atoms with Gasteiger partial charge in [-0.05, 0) is 42.8 Å². The summed E-state index contributed by atoms with van der Waals surface area (Å²) in [4.78, 5) is 16.6. The van der Waals surface area contributed by atoms with Crippen molar-refractivity contribution in [1.29, 1.82) is 0 Å². The average Bonchev–Trinajstić information content (AvgIpc) is 3.09. The summed E-state index contributed by atoms with van der Waals surface area (Å²) in [6.07, 6.45) is -3.68. The van der Waals surface area contributed by atoms with E-state index in [1.54, 1.807) is 18.2 Å². The number of fused-ring (bicyclic) bond motifs is 1. The summed E-state index contributed by atoms with van der Waals surface area (Å²) < 4.78 is 43.6. The quantitative estimate of drug-likeness (QED) is 0.409. The minimum atomic E-state index is -4.35. The van der Waals surface area contributed by atoms with Gasteiger partial charge in [-0.2, -0.15) is 13.2 Å². The van der Waals surface area contributed by atoms with Crippen molar-refractivity contribution < 1.29 is 22.4 Å². The lowest BCUT2D eigenvalue weighted by Gasteiger charge is -2.06. The van der Waals surface area contributed by atoms with Crippen LogP contribution in [0.3, 0.4) is 0 Å². The second-order valence-corrected chi connectivity index (χ2v) is 6.94. The zero-order valence-corrected chi connectivity index (χ0v) is 16.8. The molecule has 0 aliphatic rings.